The fourth-order valence-electron chi connectivity index (χ4n) is 2.88. The van der Waals surface area contributed by atoms with Crippen molar-refractivity contribution in [3.63, 3.8) is 0 Å². The minimum absolute atomic E-state index is 0.0203. The topological polar surface area (TPSA) is 87.7 Å². The fourth-order valence-corrected chi connectivity index (χ4v) is 2.88. The molecule has 0 bridgehead atoms. The average molecular weight is 426 g/mol. The van der Waals surface area contributed by atoms with Crippen LogP contribution in [-0.2, 0) is 9.59 Å². The molecule has 6 nitrogen and oxygen atoms in total. The maximum atomic E-state index is 12.2. The molecular formula is C21H25F3N2O4. The Bertz CT molecular complexity index is 894. The number of ether oxygens (including phenoxy) is 1. The van der Waals surface area contributed by atoms with E-state index in [0.29, 0.717) is 13.0 Å². The quantitative estimate of drug-likeness (QED) is 0.699. The second-order valence-electron chi connectivity index (χ2n) is 7.99. The van der Waals surface area contributed by atoms with Gasteiger partial charge in [-0.05, 0) is 43.7 Å². The molecule has 30 heavy (non-hydrogen) atoms. The lowest BCUT2D eigenvalue weighted by atomic mass is 10.1. The summed E-state index contributed by atoms with van der Waals surface area (Å²) in [6.45, 7) is 6.66. The molecular weight excluding hydrogens is 401 g/mol. The van der Waals surface area contributed by atoms with Crippen molar-refractivity contribution in [1.82, 2.24) is 10.6 Å². The summed E-state index contributed by atoms with van der Waals surface area (Å²) in [7, 11) is 0. The Kier molecular flexibility index (Phi) is 7.30. The van der Waals surface area contributed by atoms with E-state index in [9.17, 15) is 18.0 Å². The molecule has 1 fully saturated rings. The summed E-state index contributed by atoms with van der Waals surface area (Å²) in [5.74, 6) is -1.86. The largest absolute Gasteiger partial charge is 0.490 e. The van der Waals surface area contributed by atoms with Crippen LogP contribution in [0.15, 0.2) is 42.5 Å². The Balaban J connectivity index is 0.000000396. The molecule has 1 amide bonds. The molecule has 0 aromatic heterocycles. The summed E-state index contributed by atoms with van der Waals surface area (Å²) in [5, 5.41) is 15.8. The Morgan fingerprint density at radius 3 is 2.27 bits per heavy atom. The molecule has 1 aliphatic heterocycles. The van der Waals surface area contributed by atoms with Crippen molar-refractivity contribution in [1.29, 1.82) is 0 Å². The third kappa shape index (κ3) is 7.22. The van der Waals surface area contributed by atoms with Crippen LogP contribution in [0.5, 0.6) is 5.75 Å². The first-order chi connectivity index (χ1) is 13.8. The zero-order valence-corrected chi connectivity index (χ0v) is 16.9. The van der Waals surface area contributed by atoms with Crippen LogP contribution >= 0.6 is 0 Å². The predicted molar refractivity (Wildman–Crippen MR) is 106 cm³/mol. The first kappa shape index (κ1) is 23.5. The lowest BCUT2D eigenvalue weighted by molar-refractivity contribution is -0.192. The Morgan fingerprint density at radius 2 is 1.70 bits per heavy atom. The molecule has 0 aliphatic carbocycles. The smallest absolute Gasteiger partial charge is 0.489 e. The second kappa shape index (κ2) is 9.34. The van der Waals surface area contributed by atoms with Crippen LogP contribution in [0.25, 0.3) is 10.8 Å². The number of aliphatic carboxylic acids is 1. The van der Waals surface area contributed by atoms with Crippen molar-refractivity contribution in [2.45, 2.75) is 51.1 Å². The van der Waals surface area contributed by atoms with Crippen molar-refractivity contribution < 1.29 is 32.6 Å². The highest BCUT2D eigenvalue weighted by molar-refractivity contribution is 5.84. The minimum Gasteiger partial charge on any atom is -0.489 e. The SMILES string of the molecule is CC(C)(C)NC(=O)[C@@H]1C[C@H](Oc2ccc3ccccc3c2)CN1.O=C(O)C(F)(F)F. The van der Waals surface area contributed by atoms with Crippen molar-refractivity contribution in [3.8, 4) is 5.75 Å². The van der Waals surface area contributed by atoms with Crippen molar-refractivity contribution in [2.24, 2.45) is 0 Å². The maximum absolute atomic E-state index is 12.2. The molecule has 1 saturated heterocycles. The fraction of sp³-hybridized carbons (Fsp3) is 0.429. The van der Waals surface area contributed by atoms with E-state index in [-0.39, 0.29) is 23.6 Å². The highest BCUT2D eigenvalue weighted by atomic mass is 19.4. The van der Waals surface area contributed by atoms with Crippen LogP contribution in [0.1, 0.15) is 27.2 Å². The predicted octanol–water partition coefficient (Wildman–Crippen LogP) is 3.50. The molecule has 3 rings (SSSR count). The van der Waals surface area contributed by atoms with Gasteiger partial charge in [0, 0.05) is 18.5 Å². The molecule has 0 unspecified atom stereocenters. The van der Waals surface area contributed by atoms with Crippen LogP contribution in [-0.4, -0.2) is 47.4 Å². The van der Waals surface area contributed by atoms with E-state index in [4.69, 9.17) is 14.6 Å². The highest BCUT2D eigenvalue weighted by Crippen LogP contribution is 2.23. The minimum atomic E-state index is -5.08. The summed E-state index contributed by atoms with van der Waals surface area (Å²) in [6, 6.07) is 14.1. The van der Waals surface area contributed by atoms with Gasteiger partial charge in [0.1, 0.15) is 11.9 Å². The summed E-state index contributed by atoms with van der Waals surface area (Å²) in [5.41, 5.74) is -0.212. The molecule has 1 heterocycles. The zero-order valence-electron chi connectivity index (χ0n) is 16.9. The lowest BCUT2D eigenvalue weighted by Gasteiger charge is -2.23. The number of rotatable bonds is 3. The van der Waals surface area contributed by atoms with Gasteiger partial charge in [-0.25, -0.2) is 4.79 Å². The molecule has 164 valence electrons. The van der Waals surface area contributed by atoms with Gasteiger partial charge in [-0.1, -0.05) is 30.3 Å². The van der Waals surface area contributed by atoms with Gasteiger partial charge in [0.05, 0.1) is 6.04 Å². The molecule has 2 aromatic carbocycles. The number of benzene rings is 2. The molecule has 0 radical (unpaired) electrons. The number of halogens is 3. The van der Waals surface area contributed by atoms with E-state index in [1.807, 2.05) is 39.0 Å². The molecule has 2 atom stereocenters. The summed E-state index contributed by atoms with van der Waals surface area (Å²) in [6.07, 6.45) is -4.37. The number of fused-ring (bicyclic) bond motifs is 1. The molecule has 9 heteroatoms. The normalized spacial score (nSPS) is 19.0. The number of alkyl halides is 3. The summed E-state index contributed by atoms with van der Waals surface area (Å²) >= 11 is 0. The first-order valence-corrected chi connectivity index (χ1v) is 9.36. The molecule has 1 aliphatic rings. The highest BCUT2D eigenvalue weighted by Gasteiger charge is 2.38. The number of hydrogen-bond donors (Lipinski definition) is 3. The molecule has 0 spiro atoms. The van der Waals surface area contributed by atoms with E-state index in [1.54, 1.807) is 0 Å². The van der Waals surface area contributed by atoms with Crippen molar-refractivity contribution in [3.05, 3.63) is 42.5 Å². The number of nitrogens with one attached hydrogen (secondary N) is 2. The van der Waals surface area contributed by atoms with E-state index in [0.717, 1.165) is 11.1 Å². The van der Waals surface area contributed by atoms with Gasteiger partial charge in [0.15, 0.2) is 0 Å². The zero-order chi connectivity index (χ0) is 22.5. The summed E-state index contributed by atoms with van der Waals surface area (Å²) in [4.78, 5) is 21.1. The Labute approximate surface area is 172 Å². The van der Waals surface area contributed by atoms with Gasteiger partial charge in [0.25, 0.3) is 0 Å². The average Bonchev–Trinajstić information content (AvgIpc) is 3.08. The van der Waals surface area contributed by atoms with Crippen LogP contribution in [0, 0.1) is 0 Å². The third-order valence-electron chi connectivity index (χ3n) is 4.17. The van der Waals surface area contributed by atoms with Gasteiger partial charge in [-0.3, -0.25) is 4.79 Å². The first-order valence-electron chi connectivity index (χ1n) is 9.36. The molecule has 3 N–H and O–H groups in total. The van der Waals surface area contributed by atoms with Gasteiger partial charge in [-0.15, -0.1) is 0 Å². The van der Waals surface area contributed by atoms with E-state index >= 15 is 0 Å². The van der Waals surface area contributed by atoms with Crippen molar-refractivity contribution >= 4 is 22.6 Å². The van der Waals surface area contributed by atoms with Crippen LogP contribution in [0.4, 0.5) is 13.2 Å². The standard InChI is InChI=1S/C19H24N2O2.C2HF3O2/c1-19(2,3)21-18(22)17-11-16(12-20-17)23-15-9-8-13-6-4-5-7-14(13)10-15;3-2(4,5)1(6)7/h4-10,16-17,20H,11-12H2,1-3H3,(H,21,22);(H,6,7)/t16-,17-;/m0./s1. The van der Waals surface area contributed by atoms with Crippen LogP contribution < -0.4 is 15.4 Å². The van der Waals surface area contributed by atoms with Gasteiger partial charge in [0.2, 0.25) is 5.91 Å². The lowest BCUT2D eigenvalue weighted by Crippen LogP contribution is -2.48. The number of amides is 1. The van der Waals surface area contributed by atoms with Crippen LogP contribution in [0.2, 0.25) is 0 Å². The maximum Gasteiger partial charge on any atom is 0.490 e. The van der Waals surface area contributed by atoms with Crippen LogP contribution in [0.3, 0.4) is 0 Å². The van der Waals surface area contributed by atoms with E-state index < -0.39 is 12.1 Å². The summed E-state index contributed by atoms with van der Waals surface area (Å²) < 4.78 is 37.8. The Hall–Kier alpha value is -2.81. The van der Waals surface area contributed by atoms with Gasteiger partial charge in [-0.2, -0.15) is 13.2 Å². The number of carboxylic acids is 1. The monoisotopic (exact) mass is 426 g/mol. The molecule has 2 aromatic rings. The van der Waals surface area contributed by atoms with E-state index in [1.165, 1.54) is 5.39 Å². The van der Waals surface area contributed by atoms with Gasteiger partial charge >= 0.3 is 12.1 Å². The second-order valence-corrected chi connectivity index (χ2v) is 7.99. The number of hydrogen-bond acceptors (Lipinski definition) is 4. The Morgan fingerprint density at radius 1 is 1.10 bits per heavy atom. The number of carboxylic acid groups (broad SMARTS) is 1. The van der Waals surface area contributed by atoms with Crippen molar-refractivity contribution in [2.75, 3.05) is 6.54 Å². The number of carbonyl (C=O) groups excluding carboxylic acids is 1. The third-order valence-corrected chi connectivity index (χ3v) is 4.17. The molecule has 0 saturated carbocycles. The van der Waals surface area contributed by atoms with Gasteiger partial charge < -0.3 is 20.5 Å². The van der Waals surface area contributed by atoms with E-state index in [2.05, 4.69) is 34.9 Å². The number of carbonyl (C=O) groups is 2.